The van der Waals surface area contributed by atoms with Crippen LogP contribution in [0.3, 0.4) is 0 Å². The Balaban J connectivity index is 1.88. The molecule has 0 aromatic heterocycles. The van der Waals surface area contributed by atoms with Gasteiger partial charge in [-0.15, -0.1) is 0 Å². The van der Waals surface area contributed by atoms with E-state index in [-0.39, 0.29) is 24.0 Å². The summed E-state index contributed by atoms with van der Waals surface area (Å²) in [4.78, 5) is 27.9. The van der Waals surface area contributed by atoms with E-state index in [1.807, 2.05) is 55.5 Å². The molecule has 4 nitrogen and oxygen atoms in total. The van der Waals surface area contributed by atoms with Gasteiger partial charge in [0.1, 0.15) is 5.75 Å². The molecule has 0 bridgehead atoms. The van der Waals surface area contributed by atoms with E-state index in [2.05, 4.69) is 0 Å². The summed E-state index contributed by atoms with van der Waals surface area (Å²) in [7, 11) is 0. The third-order valence-electron chi connectivity index (χ3n) is 5.36. The van der Waals surface area contributed by atoms with E-state index in [9.17, 15) is 9.59 Å². The summed E-state index contributed by atoms with van der Waals surface area (Å²) in [5, 5.41) is 0.591. The summed E-state index contributed by atoms with van der Waals surface area (Å²) in [6.07, 6.45) is 2.16. The van der Waals surface area contributed by atoms with Crippen molar-refractivity contribution < 1.29 is 14.3 Å². The van der Waals surface area contributed by atoms with E-state index in [1.165, 1.54) is 0 Å². The number of ether oxygens (including phenoxy) is 1. The van der Waals surface area contributed by atoms with Gasteiger partial charge in [-0.3, -0.25) is 14.5 Å². The molecule has 5 heteroatoms. The number of ketones is 1. The number of Topliss-reactive ketones (excluding diaryl/α,β-unsaturated/α-hetero) is 1. The molecule has 1 atom stereocenters. The number of nitrogens with zero attached hydrogens (tertiary/aromatic N) is 1. The van der Waals surface area contributed by atoms with Gasteiger partial charge in [-0.2, -0.15) is 0 Å². The Kier molecular flexibility index (Phi) is 5.23. The van der Waals surface area contributed by atoms with Crippen LogP contribution >= 0.6 is 11.6 Å². The van der Waals surface area contributed by atoms with Crippen LogP contribution in [0.15, 0.2) is 59.8 Å². The van der Waals surface area contributed by atoms with Crippen molar-refractivity contribution in [3.05, 3.63) is 70.4 Å². The molecule has 0 saturated heterocycles. The highest BCUT2D eigenvalue weighted by Gasteiger charge is 2.40. The molecule has 0 spiro atoms. The van der Waals surface area contributed by atoms with Crippen molar-refractivity contribution in [1.29, 1.82) is 0 Å². The lowest BCUT2D eigenvalue weighted by Gasteiger charge is -2.39. The third kappa shape index (κ3) is 3.22. The largest absolute Gasteiger partial charge is 0.492 e. The average Bonchev–Trinajstić information content (AvgIpc) is 2.69. The molecule has 0 N–H and O–H groups in total. The maximum absolute atomic E-state index is 13.3. The second kappa shape index (κ2) is 7.80. The van der Waals surface area contributed by atoms with Gasteiger partial charge in [0.15, 0.2) is 5.78 Å². The standard InChI is InChI=1S/C23H22ClNO3/c1-2-28-21-13-6-5-10-18(21)25-19-11-7-12-20(26)23(19)16(14-22(25)27)15-8-3-4-9-17(15)24/h3-6,8-10,13,16H,2,7,11-12,14H2,1H3. The summed E-state index contributed by atoms with van der Waals surface area (Å²) < 4.78 is 5.75. The molecule has 2 aromatic carbocycles. The molecule has 2 aliphatic rings. The van der Waals surface area contributed by atoms with E-state index >= 15 is 0 Å². The minimum Gasteiger partial charge on any atom is -0.492 e. The van der Waals surface area contributed by atoms with Crippen molar-refractivity contribution in [2.45, 2.75) is 38.5 Å². The van der Waals surface area contributed by atoms with Gasteiger partial charge >= 0.3 is 0 Å². The number of halogens is 1. The highest BCUT2D eigenvalue weighted by atomic mass is 35.5. The second-order valence-corrected chi connectivity index (χ2v) is 7.45. The fraction of sp³-hybridized carbons (Fsp3) is 0.304. The lowest BCUT2D eigenvalue weighted by molar-refractivity contribution is -0.120. The van der Waals surface area contributed by atoms with E-state index < -0.39 is 0 Å². The van der Waals surface area contributed by atoms with Crippen LogP contribution in [0.1, 0.15) is 44.1 Å². The molecule has 0 radical (unpaired) electrons. The molecule has 1 heterocycles. The van der Waals surface area contributed by atoms with Crippen molar-refractivity contribution >= 4 is 29.0 Å². The zero-order chi connectivity index (χ0) is 19.7. The normalized spacial score (nSPS) is 19.6. The number of benzene rings is 2. The summed E-state index contributed by atoms with van der Waals surface area (Å²) in [5.74, 6) is 0.432. The number of rotatable bonds is 4. The zero-order valence-corrected chi connectivity index (χ0v) is 16.5. The Bertz CT molecular complexity index is 966. The Morgan fingerprint density at radius 3 is 2.61 bits per heavy atom. The van der Waals surface area contributed by atoms with Gasteiger partial charge in [0.25, 0.3) is 0 Å². The predicted molar refractivity (Wildman–Crippen MR) is 110 cm³/mol. The molecular weight excluding hydrogens is 374 g/mol. The Labute approximate surface area is 169 Å². The fourth-order valence-corrected chi connectivity index (χ4v) is 4.48. The average molecular weight is 396 g/mol. The summed E-state index contributed by atoms with van der Waals surface area (Å²) >= 11 is 6.43. The topological polar surface area (TPSA) is 46.6 Å². The van der Waals surface area contributed by atoms with Crippen LogP contribution in [-0.4, -0.2) is 18.3 Å². The van der Waals surface area contributed by atoms with Crippen LogP contribution in [0.2, 0.25) is 5.02 Å². The minimum absolute atomic E-state index is 0.0366. The monoisotopic (exact) mass is 395 g/mol. The van der Waals surface area contributed by atoms with Crippen molar-refractivity contribution in [3.8, 4) is 5.75 Å². The first kappa shape index (κ1) is 18.8. The number of anilines is 1. The van der Waals surface area contributed by atoms with E-state index in [0.717, 1.165) is 23.3 Å². The van der Waals surface area contributed by atoms with Crippen molar-refractivity contribution in [2.24, 2.45) is 0 Å². The van der Waals surface area contributed by atoms with Crippen LogP contribution in [0.25, 0.3) is 0 Å². The van der Waals surface area contributed by atoms with Gasteiger partial charge in [-0.05, 0) is 43.5 Å². The fourth-order valence-electron chi connectivity index (χ4n) is 4.22. The van der Waals surface area contributed by atoms with E-state index in [4.69, 9.17) is 16.3 Å². The van der Waals surface area contributed by atoms with Gasteiger partial charge < -0.3 is 4.74 Å². The molecule has 4 rings (SSSR count). The number of allylic oxidation sites excluding steroid dienone is 2. The lowest BCUT2D eigenvalue weighted by Crippen LogP contribution is -2.40. The first-order valence-electron chi connectivity index (χ1n) is 9.67. The molecule has 0 saturated carbocycles. The van der Waals surface area contributed by atoms with Crippen molar-refractivity contribution in [2.75, 3.05) is 11.5 Å². The van der Waals surface area contributed by atoms with Gasteiger partial charge in [0, 0.05) is 35.1 Å². The molecule has 144 valence electrons. The number of hydrogen-bond donors (Lipinski definition) is 0. The van der Waals surface area contributed by atoms with Crippen molar-refractivity contribution in [3.63, 3.8) is 0 Å². The highest BCUT2D eigenvalue weighted by molar-refractivity contribution is 6.31. The van der Waals surface area contributed by atoms with Crippen LogP contribution in [-0.2, 0) is 9.59 Å². The lowest BCUT2D eigenvalue weighted by atomic mass is 9.77. The SMILES string of the molecule is CCOc1ccccc1N1C(=O)CC(c2ccccc2Cl)C2=C1CCCC2=O. The quantitative estimate of drug-likeness (QED) is 0.708. The third-order valence-corrected chi connectivity index (χ3v) is 5.71. The number of carbonyl (C=O) groups excluding carboxylic acids is 2. The van der Waals surface area contributed by atoms with Gasteiger partial charge in [0.05, 0.1) is 12.3 Å². The maximum atomic E-state index is 13.3. The Hall–Kier alpha value is -2.59. The van der Waals surface area contributed by atoms with Crippen LogP contribution in [0.4, 0.5) is 5.69 Å². The smallest absolute Gasteiger partial charge is 0.232 e. The number of carbonyl (C=O) groups is 2. The van der Waals surface area contributed by atoms with Crippen LogP contribution in [0, 0.1) is 0 Å². The highest BCUT2D eigenvalue weighted by Crippen LogP contribution is 2.46. The molecule has 1 aliphatic carbocycles. The number of para-hydroxylation sites is 2. The zero-order valence-electron chi connectivity index (χ0n) is 15.8. The van der Waals surface area contributed by atoms with Gasteiger partial charge in [-0.1, -0.05) is 41.9 Å². The Morgan fingerprint density at radius 1 is 1.07 bits per heavy atom. The molecule has 1 unspecified atom stereocenters. The maximum Gasteiger partial charge on any atom is 0.232 e. The van der Waals surface area contributed by atoms with Crippen LogP contribution < -0.4 is 9.64 Å². The minimum atomic E-state index is -0.292. The summed E-state index contributed by atoms with van der Waals surface area (Å²) in [6.45, 7) is 2.42. The summed E-state index contributed by atoms with van der Waals surface area (Å²) in [6, 6.07) is 15.0. The van der Waals surface area contributed by atoms with Crippen molar-refractivity contribution in [1.82, 2.24) is 0 Å². The predicted octanol–water partition coefficient (Wildman–Crippen LogP) is 5.27. The van der Waals surface area contributed by atoms with Crippen LogP contribution in [0.5, 0.6) is 5.75 Å². The first-order chi connectivity index (χ1) is 13.6. The molecule has 1 aliphatic heterocycles. The van der Waals surface area contributed by atoms with Gasteiger partial charge in [0.2, 0.25) is 5.91 Å². The van der Waals surface area contributed by atoms with Gasteiger partial charge in [-0.25, -0.2) is 0 Å². The second-order valence-electron chi connectivity index (χ2n) is 7.05. The molecule has 0 fully saturated rings. The summed E-state index contributed by atoms with van der Waals surface area (Å²) in [5.41, 5.74) is 3.07. The Morgan fingerprint density at radius 2 is 1.82 bits per heavy atom. The molecule has 2 aromatic rings. The van der Waals surface area contributed by atoms with E-state index in [1.54, 1.807) is 4.90 Å². The number of amides is 1. The first-order valence-corrected chi connectivity index (χ1v) is 10.0. The molecule has 1 amide bonds. The van der Waals surface area contributed by atoms with E-state index in [0.29, 0.717) is 35.9 Å². The molecule has 28 heavy (non-hydrogen) atoms. The number of hydrogen-bond acceptors (Lipinski definition) is 3. The molecular formula is C23H22ClNO3.